The summed E-state index contributed by atoms with van der Waals surface area (Å²) >= 11 is 0. The van der Waals surface area contributed by atoms with Gasteiger partial charge in [-0.05, 0) is 301 Å². The van der Waals surface area contributed by atoms with Crippen LogP contribution in [0, 0.1) is 0 Å². The van der Waals surface area contributed by atoms with Crippen molar-refractivity contribution < 1.29 is 0 Å². The number of benzene rings is 26. The van der Waals surface area contributed by atoms with E-state index in [0.717, 1.165) is 11.4 Å². The normalized spacial score (nSPS) is 11.7. The zero-order valence-corrected chi connectivity index (χ0v) is 77.2. The summed E-state index contributed by atoms with van der Waals surface area (Å²) in [5.74, 6) is 0. The molecule has 0 aliphatic rings. The third-order valence-corrected chi connectivity index (χ3v) is 29.3. The van der Waals surface area contributed by atoms with E-state index >= 15 is 0 Å². The Bertz CT molecular complexity index is 9960. The molecule has 26 aromatic carbocycles. The van der Waals surface area contributed by atoms with Crippen LogP contribution >= 0.6 is 0 Å². The molecule has 29 aromatic rings. The van der Waals surface area contributed by atoms with Crippen LogP contribution in [0.3, 0.4) is 0 Å². The van der Waals surface area contributed by atoms with E-state index in [1.54, 1.807) is 0 Å². The maximum absolute atomic E-state index is 2.43. The van der Waals surface area contributed by atoms with Crippen molar-refractivity contribution in [1.82, 2.24) is 13.7 Å². The van der Waals surface area contributed by atoms with E-state index in [-0.39, 0.29) is 0 Å². The monoisotopic (exact) mass is 1790 g/mol. The Hall–Kier alpha value is -18.5. The summed E-state index contributed by atoms with van der Waals surface area (Å²) in [4.78, 5) is 0. The van der Waals surface area contributed by atoms with Gasteiger partial charge in [0.15, 0.2) is 0 Å². The minimum Gasteiger partial charge on any atom is -0.309 e. The first-order valence-corrected chi connectivity index (χ1v) is 48.7. The van der Waals surface area contributed by atoms with Crippen molar-refractivity contribution in [2.45, 2.75) is 0 Å². The molecule has 0 N–H and O–H groups in total. The molecule has 3 aromatic heterocycles. The predicted octanol–water partition coefficient (Wildman–Crippen LogP) is 38.1. The molecule has 0 atom stereocenters. The Labute approximate surface area is 816 Å². The van der Waals surface area contributed by atoms with Gasteiger partial charge in [-0.1, -0.05) is 425 Å². The molecule has 0 bridgehead atoms. The summed E-state index contributed by atoms with van der Waals surface area (Å²) in [6.07, 6.45) is 0. The molecule has 0 fully saturated rings. The van der Waals surface area contributed by atoms with E-state index < -0.39 is 0 Å². The molecular formula is C138H89N3. The third-order valence-electron chi connectivity index (χ3n) is 29.3. The number of nitrogens with zero attached hydrogens (tertiary/aromatic N) is 3. The summed E-state index contributed by atoms with van der Waals surface area (Å²) in [6.45, 7) is 0. The van der Waals surface area contributed by atoms with Crippen LogP contribution in [-0.4, -0.2) is 13.7 Å². The second kappa shape index (κ2) is 34.4. The van der Waals surface area contributed by atoms with E-state index in [2.05, 4.69) is 554 Å². The molecule has 29 rings (SSSR count). The summed E-state index contributed by atoms with van der Waals surface area (Å²) in [5.41, 5.74) is 30.4. The molecule has 0 aliphatic carbocycles. The maximum atomic E-state index is 2.43. The van der Waals surface area contributed by atoms with Crippen LogP contribution < -0.4 is 0 Å². The summed E-state index contributed by atoms with van der Waals surface area (Å²) in [7, 11) is 0. The molecule has 0 radical (unpaired) electrons. The topological polar surface area (TPSA) is 14.8 Å². The van der Waals surface area contributed by atoms with Crippen molar-refractivity contribution in [2.75, 3.05) is 0 Å². The second-order valence-corrected chi connectivity index (χ2v) is 37.1. The van der Waals surface area contributed by atoms with Gasteiger partial charge >= 0.3 is 0 Å². The fourth-order valence-corrected chi connectivity index (χ4v) is 22.9. The maximum Gasteiger partial charge on any atom is 0.0547 e. The van der Waals surface area contributed by atoms with Crippen LogP contribution in [0.25, 0.3) is 268 Å². The minimum absolute atomic E-state index is 1.15. The zero-order valence-electron chi connectivity index (χ0n) is 77.2. The first kappa shape index (κ1) is 82.0. The van der Waals surface area contributed by atoms with Crippen molar-refractivity contribution in [3.8, 4) is 106 Å². The molecule has 0 saturated heterocycles. The largest absolute Gasteiger partial charge is 0.309 e. The molecule has 3 heterocycles. The van der Waals surface area contributed by atoms with Crippen molar-refractivity contribution >= 4 is 162 Å². The quantitative estimate of drug-likeness (QED) is 0.115. The third kappa shape index (κ3) is 14.0. The van der Waals surface area contributed by atoms with Crippen molar-refractivity contribution in [3.05, 3.63) is 540 Å². The number of aromatic nitrogens is 3. The average molecular weight is 1790 g/mol. The highest BCUT2D eigenvalue weighted by atomic mass is 15.0. The Kier molecular flexibility index (Phi) is 20.0. The van der Waals surface area contributed by atoms with E-state index in [4.69, 9.17) is 0 Å². The highest BCUT2D eigenvalue weighted by Gasteiger charge is 2.24. The first-order valence-electron chi connectivity index (χ1n) is 48.7. The van der Waals surface area contributed by atoms with Gasteiger partial charge in [0.25, 0.3) is 0 Å². The highest BCUT2D eigenvalue weighted by Crippen LogP contribution is 2.50. The molecule has 3 heteroatoms. The standard InChI is InChI=1S/2C48H31N.C42H27N/c1-3-14-32(15-4-1)35-26-27-42-41-23-11-12-25-46(41)49(47(42)31-35)37-19-13-18-34(28-37)36-29-44(33-16-5-2-6-17-33)48-43-24-10-9-21-39(43)38-20-7-8-22-40(38)45(48)30-36;1-3-13-32(14-4-1)35-25-28-47-44(29-35)41-20-11-12-22-46(41)49(47)37-26-23-33(24-27-37)36-30-43(34-15-5-2-6-16-34)48-42-21-10-9-18-39(42)38-17-7-8-19-40(38)45(48)31-36;1-2-12-29(13-3-1)38-26-30(27-39-34-16-5-4-14-32(34)33-15-6-7-19-37(33)42(38)39)28-22-24-31(25-23-28)43-40-20-10-8-17-35(40)36-18-9-11-21-41(36)43/h2*1-31H;1-27H. The highest BCUT2D eigenvalue weighted by molar-refractivity contribution is 6.32. The first-order chi connectivity index (χ1) is 70.0. The van der Waals surface area contributed by atoms with Crippen LogP contribution in [0.15, 0.2) is 540 Å². The fraction of sp³-hybridized carbons (Fsp3) is 0. The van der Waals surface area contributed by atoms with Gasteiger partial charge in [-0.15, -0.1) is 0 Å². The summed E-state index contributed by atoms with van der Waals surface area (Å²) in [6, 6.07) is 197. The number of hydrogen-bond donors (Lipinski definition) is 0. The Balaban J connectivity index is 0.000000106. The van der Waals surface area contributed by atoms with Gasteiger partial charge in [0.05, 0.1) is 33.1 Å². The Morgan fingerprint density at radius 3 is 0.667 bits per heavy atom. The van der Waals surface area contributed by atoms with Crippen LogP contribution in [0.1, 0.15) is 0 Å². The molecule has 0 unspecified atom stereocenters. The van der Waals surface area contributed by atoms with Crippen molar-refractivity contribution in [2.24, 2.45) is 0 Å². The van der Waals surface area contributed by atoms with E-state index in [9.17, 15) is 0 Å². The molecule has 0 aliphatic heterocycles. The smallest absolute Gasteiger partial charge is 0.0547 e. The van der Waals surface area contributed by atoms with Crippen molar-refractivity contribution in [1.29, 1.82) is 0 Å². The fourth-order valence-electron chi connectivity index (χ4n) is 22.9. The van der Waals surface area contributed by atoms with Gasteiger partial charge in [-0.25, -0.2) is 0 Å². The SMILES string of the molecule is c1ccc(-c2cc(-c3ccc(-n4c5ccccc5c5ccccc54)cc3)cc3c4ccccc4c4ccccc4c23)cc1.c1ccc(-c2ccc3c(c2)c2ccccc2n3-c2ccc(-c3cc(-c4ccccc4)c4c5ccccc5c5ccccc5c4c3)cc2)cc1.c1ccc(-c2ccc3c4ccccc4n(-c4cccc(-c5cc(-c6ccccc6)c6c7ccccc7c7ccccc7c6c5)c4)c3c2)cc1. The van der Waals surface area contributed by atoms with E-state index in [1.807, 2.05) is 0 Å². The van der Waals surface area contributed by atoms with Crippen LogP contribution in [-0.2, 0) is 0 Å². The van der Waals surface area contributed by atoms with Crippen LogP contribution in [0.5, 0.6) is 0 Å². The molecule has 0 spiro atoms. The molecule has 0 saturated carbocycles. The second-order valence-electron chi connectivity index (χ2n) is 37.1. The predicted molar refractivity (Wildman–Crippen MR) is 603 cm³/mol. The zero-order chi connectivity index (χ0) is 93.0. The van der Waals surface area contributed by atoms with Crippen LogP contribution in [0.4, 0.5) is 0 Å². The van der Waals surface area contributed by atoms with Gasteiger partial charge in [0.2, 0.25) is 0 Å². The Morgan fingerprint density at radius 1 is 0.0922 bits per heavy atom. The van der Waals surface area contributed by atoms with Gasteiger partial charge in [0, 0.05) is 49.4 Å². The number of hydrogen-bond acceptors (Lipinski definition) is 0. The van der Waals surface area contributed by atoms with Gasteiger partial charge in [0.1, 0.15) is 0 Å². The summed E-state index contributed by atoms with van der Waals surface area (Å²) in [5, 5.41) is 30.9. The molecule has 3 nitrogen and oxygen atoms in total. The van der Waals surface area contributed by atoms with E-state index in [0.29, 0.717) is 0 Å². The number of fused-ring (bicyclic) bond motifs is 27. The minimum atomic E-state index is 1.15. The molecule has 0 amide bonds. The van der Waals surface area contributed by atoms with Gasteiger partial charge in [-0.3, -0.25) is 0 Å². The molecule has 656 valence electrons. The number of rotatable bonds is 11. The van der Waals surface area contributed by atoms with Gasteiger partial charge in [-0.2, -0.15) is 0 Å². The lowest BCUT2D eigenvalue weighted by atomic mass is 9.87. The van der Waals surface area contributed by atoms with Crippen LogP contribution in [0.2, 0.25) is 0 Å². The lowest BCUT2D eigenvalue weighted by Crippen LogP contribution is -1.95. The van der Waals surface area contributed by atoms with Gasteiger partial charge < -0.3 is 13.7 Å². The lowest BCUT2D eigenvalue weighted by molar-refractivity contribution is 1.18. The van der Waals surface area contributed by atoms with E-state index in [1.165, 1.54) is 257 Å². The van der Waals surface area contributed by atoms with Crippen molar-refractivity contribution in [3.63, 3.8) is 0 Å². The lowest BCUT2D eigenvalue weighted by Gasteiger charge is -2.17. The molecular weight excluding hydrogens is 1700 g/mol. The Morgan fingerprint density at radius 2 is 0.312 bits per heavy atom. The average Bonchev–Trinajstić information content (AvgIpc) is 1.58. The molecule has 141 heavy (non-hydrogen) atoms. The number of para-hydroxylation sites is 4. The summed E-state index contributed by atoms with van der Waals surface area (Å²) < 4.78 is 7.21.